The van der Waals surface area contributed by atoms with Crippen LogP contribution in [0.25, 0.3) is 0 Å². The summed E-state index contributed by atoms with van der Waals surface area (Å²) in [6.07, 6.45) is 17.7. The largest absolute Gasteiger partial charge is 0.503 e. The molecule has 6 nitrogen and oxygen atoms in total. The lowest BCUT2D eigenvalue weighted by atomic mass is 9.95. The molecular weight excluding hydrogens is 454 g/mol. The zero-order valence-corrected chi connectivity index (χ0v) is 22.9. The Morgan fingerprint density at radius 3 is 1.86 bits per heavy atom. The number of Topliss-reactive ketones (excluding diaryl/α,β-unsaturated/α-hetero) is 1. The van der Waals surface area contributed by atoms with Crippen molar-refractivity contribution in [2.24, 2.45) is 0 Å². The molecule has 0 fully saturated rings. The molecule has 1 amide bonds. The van der Waals surface area contributed by atoms with Gasteiger partial charge in [0.2, 0.25) is 0 Å². The number of ether oxygens (including phenoxy) is 2. The van der Waals surface area contributed by atoms with E-state index in [1.54, 1.807) is 37.3 Å². The first-order valence-corrected chi connectivity index (χ1v) is 13.9. The average Bonchev–Trinajstić information content (AvgIpc) is 3.13. The van der Waals surface area contributed by atoms with Crippen LogP contribution in [0.1, 0.15) is 115 Å². The summed E-state index contributed by atoms with van der Waals surface area (Å²) in [5.41, 5.74) is 0.806. The molecule has 1 heterocycles. The third-order valence-electron chi connectivity index (χ3n) is 7.17. The van der Waals surface area contributed by atoms with Crippen LogP contribution in [0.5, 0.6) is 11.5 Å². The van der Waals surface area contributed by atoms with E-state index >= 15 is 0 Å². The number of rotatable bonds is 19. The normalized spacial score (nSPS) is 15.6. The summed E-state index contributed by atoms with van der Waals surface area (Å²) in [6, 6.07) is 4.66. The predicted molar refractivity (Wildman–Crippen MR) is 145 cm³/mol. The summed E-state index contributed by atoms with van der Waals surface area (Å²) in [4.78, 5) is 26.9. The number of carbonyl (C=O) groups excluding carboxylic acids is 2. The SMILES string of the molecule is CCCCCCCCCCCCCCCCN1C(=O)C(O)=C(C(C)=O)[C@H]1c1ccc(OC)cc1OC. The number of nitrogens with zero attached hydrogens (tertiary/aromatic N) is 1. The first kappa shape index (κ1) is 29.7. The molecule has 2 rings (SSSR count). The second-order valence-corrected chi connectivity index (χ2v) is 9.92. The quantitative estimate of drug-likeness (QED) is 0.199. The van der Waals surface area contributed by atoms with E-state index in [4.69, 9.17) is 9.47 Å². The maximum Gasteiger partial charge on any atom is 0.290 e. The van der Waals surface area contributed by atoms with Gasteiger partial charge in [-0.25, -0.2) is 0 Å². The highest BCUT2D eigenvalue weighted by Gasteiger charge is 2.43. The van der Waals surface area contributed by atoms with E-state index < -0.39 is 17.7 Å². The Morgan fingerprint density at radius 2 is 1.39 bits per heavy atom. The number of methoxy groups -OCH3 is 2. The number of amides is 1. The molecule has 0 aliphatic carbocycles. The minimum Gasteiger partial charge on any atom is -0.503 e. The number of hydrogen-bond acceptors (Lipinski definition) is 5. The Bertz CT molecular complexity index is 863. The zero-order valence-electron chi connectivity index (χ0n) is 22.9. The number of hydrogen-bond donors (Lipinski definition) is 1. The van der Waals surface area contributed by atoms with Crippen LogP contribution in [0.15, 0.2) is 29.5 Å². The van der Waals surface area contributed by atoms with Crippen molar-refractivity contribution in [1.29, 1.82) is 0 Å². The molecule has 0 unspecified atom stereocenters. The smallest absolute Gasteiger partial charge is 0.290 e. The van der Waals surface area contributed by atoms with Crippen LogP contribution in [0.2, 0.25) is 0 Å². The molecule has 0 bridgehead atoms. The van der Waals surface area contributed by atoms with Crippen molar-refractivity contribution in [3.05, 3.63) is 35.1 Å². The summed E-state index contributed by atoms with van der Waals surface area (Å²) in [6.45, 7) is 4.13. The Labute approximate surface area is 218 Å². The van der Waals surface area contributed by atoms with Crippen LogP contribution in [0.4, 0.5) is 0 Å². The Morgan fingerprint density at radius 1 is 0.861 bits per heavy atom. The predicted octanol–water partition coefficient (Wildman–Crippen LogP) is 7.47. The average molecular weight is 502 g/mol. The van der Waals surface area contributed by atoms with E-state index in [0.717, 1.165) is 19.3 Å². The molecule has 1 N–H and O–H groups in total. The van der Waals surface area contributed by atoms with Gasteiger partial charge in [-0.2, -0.15) is 0 Å². The van der Waals surface area contributed by atoms with Crippen LogP contribution >= 0.6 is 0 Å². The van der Waals surface area contributed by atoms with Gasteiger partial charge < -0.3 is 19.5 Å². The van der Waals surface area contributed by atoms with Gasteiger partial charge in [0.1, 0.15) is 11.5 Å². The molecule has 0 saturated heterocycles. The van der Waals surface area contributed by atoms with Crippen molar-refractivity contribution < 1.29 is 24.2 Å². The number of carbonyl (C=O) groups is 2. The molecule has 0 spiro atoms. The van der Waals surface area contributed by atoms with E-state index in [-0.39, 0.29) is 11.4 Å². The third kappa shape index (κ3) is 8.56. The van der Waals surface area contributed by atoms with Gasteiger partial charge in [-0.1, -0.05) is 90.4 Å². The lowest BCUT2D eigenvalue weighted by molar-refractivity contribution is -0.129. The maximum atomic E-state index is 12.9. The van der Waals surface area contributed by atoms with Gasteiger partial charge in [-0.3, -0.25) is 9.59 Å². The maximum absolute atomic E-state index is 12.9. The van der Waals surface area contributed by atoms with Crippen LogP contribution in [0.3, 0.4) is 0 Å². The molecule has 0 radical (unpaired) electrons. The number of benzene rings is 1. The summed E-state index contributed by atoms with van der Waals surface area (Å²) in [5.74, 6) is -0.108. The lowest BCUT2D eigenvalue weighted by Gasteiger charge is -2.28. The molecule has 1 aliphatic heterocycles. The Balaban J connectivity index is 1.81. The van der Waals surface area contributed by atoms with Crippen LogP contribution in [-0.2, 0) is 9.59 Å². The highest BCUT2D eigenvalue weighted by atomic mass is 16.5. The molecule has 6 heteroatoms. The fourth-order valence-electron chi connectivity index (χ4n) is 5.09. The van der Waals surface area contributed by atoms with Crippen LogP contribution in [-0.4, -0.2) is 42.5 Å². The number of ketones is 1. The van der Waals surface area contributed by atoms with E-state index in [1.165, 1.54) is 77.6 Å². The molecule has 1 atom stereocenters. The monoisotopic (exact) mass is 501 g/mol. The van der Waals surface area contributed by atoms with Gasteiger partial charge in [0, 0.05) is 18.2 Å². The minimum atomic E-state index is -0.655. The van der Waals surface area contributed by atoms with Gasteiger partial charge in [-0.15, -0.1) is 0 Å². The second kappa shape index (κ2) is 16.3. The number of aliphatic hydroxyl groups excluding tert-OH is 1. The van der Waals surface area contributed by atoms with Gasteiger partial charge in [-0.05, 0) is 25.5 Å². The molecule has 0 aromatic heterocycles. The second-order valence-electron chi connectivity index (χ2n) is 9.92. The van der Waals surface area contributed by atoms with Crippen LogP contribution in [0, 0.1) is 0 Å². The van der Waals surface area contributed by atoms with E-state index in [2.05, 4.69) is 6.92 Å². The number of aliphatic hydroxyl groups is 1. The molecule has 1 aliphatic rings. The van der Waals surface area contributed by atoms with Gasteiger partial charge >= 0.3 is 0 Å². The first-order valence-electron chi connectivity index (χ1n) is 13.9. The van der Waals surface area contributed by atoms with Gasteiger partial charge in [0.05, 0.1) is 25.8 Å². The van der Waals surface area contributed by atoms with Crippen molar-refractivity contribution in [3.8, 4) is 11.5 Å². The van der Waals surface area contributed by atoms with E-state index in [9.17, 15) is 14.7 Å². The highest BCUT2D eigenvalue weighted by molar-refractivity contribution is 6.08. The molecule has 0 saturated carbocycles. The van der Waals surface area contributed by atoms with Crippen molar-refractivity contribution in [2.45, 2.75) is 110 Å². The summed E-state index contributed by atoms with van der Waals surface area (Å²) < 4.78 is 10.8. The van der Waals surface area contributed by atoms with E-state index in [0.29, 0.717) is 23.6 Å². The highest BCUT2D eigenvalue weighted by Crippen LogP contribution is 2.42. The fraction of sp³-hybridized carbons (Fsp3) is 0.667. The summed E-state index contributed by atoms with van der Waals surface area (Å²) in [7, 11) is 3.12. The molecular formula is C30H47NO5. The Kier molecular flexibility index (Phi) is 13.4. The van der Waals surface area contributed by atoms with Gasteiger partial charge in [0.25, 0.3) is 5.91 Å². The minimum absolute atomic E-state index is 0.133. The van der Waals surface area contributed by atoms with Crippen molar-refractivity contribution in [2.75, 3.05) is 20.8 Å². The van der Waals surface area contributed by atoms with Crippen molar-refractivity contribution >= 4 is 11.7 Å². The fourth-order valence-corrected chi connectivity index (χ4v) is 5.09. The topological polar surface area (TPSA) is 76.1 Å². The van der Waals surface area contributed by atoms with Crippen molar-refractivity contribution in [1.82, 2.24) is 4.90 Å². The molecule has 1 aromatic rings. The summed E-state index contributed by atoms with van der Waals surface area (Å²) in [5, 5.41) is 10.5. The van der Waals surface area contributed by atoms with Gasteiger partial charge in [0.15, 0.2) is 11.5 Å². The lowest BCUT2D eigenvalue weighted by Crippen LogP contribution is -2.32. The molecule has 36 heavy (non-hydrogen) atoms. The summed E-state index contributed by atoms with van der Waals surface area (Å²) >= 11 is 0. The Hall–Kier alpha value is -2.50. The van der Waals surface area contributed by atoms with E-state index in [1.807, 2.05) is 0 Å². The standard InChI is InChI=1S/C30H47NO5/c1-5-6-7-8-9-10-11-12-13-14-15-16-17-18-21-31-28(27(23(2)32)29(33)30(31)34)25-20-19-24(35-3)22-26(25)36-4/h19-20,22,28,33H,5-18,21H2,1-4H3/t28-/m1/s1. The molecule has 1 aromatic carbocycles. The number of unbranched alkanes of at least 4 members (excludes halogenated alkanes) is 13. The van der Waals surface area contributed by atoms with Crippen LogP contribution < -0.4 is 9.47 Å². The zero-order chi connectivity index (χ0) is 26.3. The van der Waals surface area contributed by atoms with Crippen molar-refractivity contribution in [3.63, 3.8) is 0 Å². The third-order valence-corrected chi connectivity index (χ3v) is 7.17. The first-order chi connectivity index (χ1) is 17.5. The molecule has 202 valence electrons.